The van der Waals surface area contributed by atoms with Crippen molar-refractivity contribution in [3.8, 4) is 10.6 Å². The van der Waals surface area contributed by atoms with Crippen molar-refractivity contribution >= 4 is 38.6 Å². The molecule has 3 rings (SSSR count). The molecule has 29 heavy (non-hydrogen) atoms. The Morgan fingerprint density at radius 3 is 2.38 bits per heavy atom. The van der Waals surface area contributed by atoms with Crippen LogP contribution in [0.15, 0.2) is 51.8 Å². The minimum absolute atomic E-state index is 0.0247. The Morgan fingerprint density at radius 2 is 1.83 bits per heavy atom. The molecule has 0 aliphatic carbocycles. The summed E-state index contributed by atoms with van der Waals surface area (Å²) in [6.07, 6.45) is -2.94. The minimum Gasteiger partial charge on any atom is -0.384 e. The molecule has 6 nitrogen and oxygen atoms in total. The van der Waals surface area contributed by atoms with E-state index in [4.69, 9.17) is 17.3 Å². The first-order chi connectivity index (χ1) is 13.3. The van der Waals surface area contributed by atoms with Crippen LogP contribution in [0.25, 0.3) is 10.6 Å². The van der Waals surface area contributed by atoms with Crippen LogP contribution in [0.2, 0.25) is 5.02 Å². The second-order valence-corrected chi connectivity index (χ2v) is 9.83. The molecular formula is C17H13ClF3N3O3S2. The van der Waals surface area contributed by atoms with E-state index in [2.05, 4.69) is 9.97 Å². The third-order valence-corrected chi connectivity index (χ3v) is 7.72. The Balaban J connectivity index is 1.98. The van der Waals surface area contributed by atoms with E-state index < -0.39 is 27.2 Å². The van der Waals surface area contributed by atoms with Gasteiger partial charge in [0.2, 0.25) is 9.84 Å². The molecule has 0 saturated carbocycles. The number of alkyl halides is 3. The Morgan fingerprint density at radius 1 is 1.14 bits per heavy atom. The van der Waals surface area contributed by atoms with Gasteiger partial charge in [0, 0.05) is 18.0 Å². The van der Waals surface area contributed by atoms with E-state index in [0.717, 1.165) is 29.8 Å². The van der Waals surface area contributed by atoms with E-state index in [-0.39, 0.29) is 25.6 Å². The molecule has 0 spiro atoms. The maximum Gasteiger partial charge on any atom is 0.421 e. The number of aliphatic hydroxyl groups is 1. The van der Waals surface area contributed by atoms with Crippen LogP contribution in [0, 0.1) is 0 Å². The van der Waals surface area contributed by atoms with Gasteiger partial charge >= 0.3 is 6.18 Å². The summed E-state index contributed by atoms with van der Waals surface area (Å²) in [4.78, 5) is 7.93. The minimum atomic E-state index is -4.92. The van der Waals surface area contributed by atoms with E-state index in [1.54, 1.807) is 0 Å². The van der Waals surface area contributed by atoms with Crippen molar-refractivity contribution in [3.05, 3.63) is 53.3 Å². The normalized spacial score (nSPS) is 14.6. The van der Waals surface area contributed by atoms with Gasteiger partial charge in [-0.2, -0.15) is 13.2 Å². The van der Waals surface area contributed by atoms with Gasteiger partial charge in [-0.05, 0) is 37.3 Å². The lowest BCUT2D eigenvalue weighted by molar-refractivity contribution is -0.259. The molecular weight excluding hydrogens is 451 g/mol. The summed E-state index contributed by atoms with van der Waals surface area (Å²) in [6, 6.07) is 6.40. The highest BCUT2D eigenvalue weighted by molar-refractivity contribution is 7.93. The fourth-order valence-corrected chi connectivity index (χ4v) is 5.30. The van der Waals surface area contributed by atoms with E-state index in [9.17, 15) is 26.7 Å². The maximum atomic E-state index is 13.0. The third kappa shape index (κ3) is 3.95. The summed E-state index contributed by atoms with van der Waals surface area (Å²) in [5.41, 5.74) is 1.89. The van der Waals surface area contributed by atoms with Gasteiger partial charge in [-0.1, -0.05) is 11.6 Å². The molecule has 0 unspecified atom stereocenters. The molecule has 3 heterocycles. The number of thiophene rings is 1. The summed E-state index contributed by atoms with van der Waals surface area (Å²) < 4.78 is 64.3. The van der Waals surface area contributed by atoms with Gasteiger partial charge in [-0.25, -0.2) is 13.4 Å². The summed E-state index contributed by atoms with van der Waals surface area (Å²) in [5.74, 6) is 0.168. The summed E-state index contributed by atoms with van der Waals surface area (Å²) in [7, 11) is -3.87. The van der Waals surface area contributed by atoms with Crippen LogP contribution in [-0.2, 0) is 15.4 Å². The lowest BCUT2D eigenvalue weighted by Gasteiger charge is -2.26. The fourth-order valence-electron chi connectivity index (χ4n) is 2.31. The van der Waals surface area contributed by atoms with Crippen LogP contribution in [0.1, 0.15) is 12.5 Å². The van der Waals surface area contributed by atoms with E-state index >= 15 is 0 Å². The molecule has 0 amide bonds. The molecule has 0 aliphatic heterocycles. The molecule has 154 valence electrons. The Labute approximate surface area is 172 Å². The topological polar surface area (TPSA) is 106 Å². The van der Waals surface area contributed by atoms with E-state index in [1.165, 1.54) is 24.3 Å². The molecule has 1 atom stereocenters. The van der Waals surface area contributed by atoms with Crippen molar-refractivity contribution in [1.82, 2.24) is 9.97 Å². The van der Waals surface area contributed by atoms with Crippen LogP contribution in [0.4, 0.5) is 19.0 Å². The average molecular weight is 464 g/mol. The second-order valence-electron chi connectivity index (χ2n) is 6.17. The number of pyridine rings is 2. The first kappa shape index (κ1) is 21.5. The van der Waals surface area contributed by atoms with Crippen molar-refractivity contribution in [1.29, 1.82) is 0 Å². The zero-order chi connectivity index (χ0) is 21.6. The van der Waals surface area contributed by atoms with Crippen molar-refractivity contribution in [2.24, 2.45) is 0 Å². The predicted molar refractivity (Wildman–Crippen MR) is 102 cm³/mol. The highest BCUT2D eigenvalue weighted by Crippen LogP contribution is 2.41. The Bertz CT molecular complexity index is 1160. The average Bonchev–Trinajstić information content (AvgIpc) is 3.11. The monoisotopic (exact) mass is 463 g/mol. The van der Waals surface area contributed by atoms with Gasteiger partial charge in [0.25, 0.3) is 0 Å². The molecule has 0 aliphatic rings. The zero-order valence-electron chi connectivity index (χ0n) is 14.6. The van der Waals surface area contributed by atoms with Crippen molar-refractivity contribution in [3.63, 3.8) is 0 Å². The zero-order valence-corrected chi connectivity index (χ0v) is 17.0. The molecule has 3 N–H and O–H groups in total. The number of anilines is 1. The van der Waals surface area contributed by atoms with Gasteiger partial charge in [-0.15, -0.1) is 11.3 Å². The van der Waals surface area contributed by atoms with Crippen LogP contribution in [0.3, 0.4) is 0 Å². The SMILES string of the molecule is C[C@](O)(c1cnc(-c2ccc(S(=O)(=O)c3ccc(N)nc3)s2)c(Cl)c1)C(F)(F)F. The number of nitrogens with two attached hydrogens (primary N) is 1. The highest BCUT2D eigenvalue weighted by atomic mass is 35.5. The summed E-state index contributed by atoms with van der Waals surface area (Å²) in [6.45, 7) is 0.594. The molecule has 0 bridgehead atoms. The van der Waals surface area contributed by atoms with Gasteiger partial charge in [0.15, 0.2) is 5.60 Å². The lowest BCUT2D eigenvalue weighted by atomic mass is 9.97. The number of nitrogen functional groups attached to an aromatic ring is 1. The number of rotatable bonds is 4. The van der Waals surface area contributed by atoms with Gasteiger partial charge in [0.05, 0.1) is 20.5 Å². The van der Waals surface area contributed by atoms with Crippen molar-refractivity contribution in [2.75, 3.05) is 5.73 Å². The summed E-state index contributed by atoms with van der Waals surface area (Å²) in [5, 5.41) is 9.59. The standard InChI is InChI=1S/C17H13ClF3N3O3S2/c1-16(25,17(19,20)21)9-6-11(18)15(24-7-9)12-3-5-14(28-12)29(26,27)10-2-4-13(22)23-8-10/h2-8,25H,1H3,(H2,22,23)/t16-/m0/s1. The highest BCUT2D eigenvalue weighted by Gasteiger charge is 2.51. The molecule has 0 saturated heterocycles. The van der Waals surface area contributed by atoms with Crippen molar-refractivity contribution in [2.45, 2.75) is 27.8 Å². The largest absolute Gasteiger partial charge is 0.421 e. The van der Waals surface area contributed by atoms with Gasteiger partial charge < -0.3 is 10.8 Å². The smallest absolute Gasteiger partial charge is 0.384 e. The van der Waals surface area contributed by atoms with Crippen LogP contribution >= 0.6 is 22.9 Å². The van der Waals surface area contributed by atoms with Crippen molar-refractivity contribution < 1.29 is 26.7 Å². The predicted octanol–water partition coefficient (Wildman–Crippen LogP) is 4.04. The Kier molecular flexibility index (Phi) is 5.37. The quantitative estimate of drug-likeness (QED) is 0.604. The third-order valence-electron chi connectivity index (χ3n) is 4.10. The summed E-state index contributed by atoms with van der Waals surface area (Å²) >= 11 is 6.92. The second kappa shape index (κ2) is 7.24. The maximum absolute atomic E-state index is 13.0. The number of aromatic nitrogens is 2. The number of sulfone groups is 1. The van der Waals surface area contributed by atoms with E-state index in [0.29, 0.717) is 11.8 Å². The molecule has 0 fully saturated rings. The van der Waals surface area contributed by atoms with Gasteiger partial charge in [-0.3, -0.25) is 4.98 Å². The molecule has 0 radical (unpaired) electrons. The van der Waals surface area contributed by atoms with Crippen LogP contribution in [0.5, 0.6) is 0 Å². The number of nitrogens with zero attached hydrogens (tertiary/aromatic N) is 2. The van der Waals surface area contributed by atoms with Gasteiger partial charge in [0.1, 0.15) is 10.0 Å². The molecule has 3 aromatic heterocycles. The van der Waals surface area contributed by atoms with Crippen LogP contribution in [-0.4, -0.2) is 29.7 Å². The molecule has 0 aromatic carbocycles. The number of halogens is 4. The molecule has 12 heteroatoms. The first-order valence-electron chi connectivity index (χ1n) is 7.86. The Hall–Kier alpha value is -2.21. The van der Waals surface area contributed by atoms with E-state index in [1.807, 2.05) is 0 Å². The lowest BCUT2D eigenvalue weighted by Crippen LogP contribution is -2.39. The number of hydrogen-bond acceptors (Lipinski definition) is 7. The fraction of sp³-hybridized carbons (Fsp3) is 0.176. The van der Waals surface area contributed by atoms with Crippen LogP contribution < -0.4 is 5.73 Å². The first-order valence-corrected chi connectivity index (χ1v) is 10.5. The molecule has 3 aromatic rings. The number of hydrogen-bond donors (Lipinski definition) is 2.